The van der Waals surface area contributed by atoms with E-state index in [9.17, 15) is 4.79 Å². The van der Waals surface area contributed by atoms with Gasteiger partial charge in [-0.05, 0) is 24.6 Å². The molecule has 0 atom stereocenters. The molecule has 2 aromatic heterocycles. The van der Waals surface area contributed by atoms with Gasteiger partial charge in [0, 0.05) is 15.1 Å². The molecule has 0 aromatic carbocycles. The number of amides is 1. The number of nitrogens with zero attached hydrogens (tertiary/aromatic N) is 1. The molecule has 0 saturated heterocycles. The Kier molecular flexibility index (Phi) is 5.13. The van der Waals surface area contributed by atoms with Crippen LogP contribution in [0.4, 0.5) is 0 Å². The van der Waals surface area contributed by atoms with Gasteiger partial charge in [0.05, 0.1) is 16.1 Å². The van der Waals surface area contributed by atoms with Crippen LogP contribution in [0.3, 0.4) is 0 Å². The lowest BCUT2D eigenvalue weighted by atomic mass is 10.2. The topological polar surface area (TPSA) is 41.5 Å². The summed E-state index contributed by atoms with van der Waals surface area (Å²) in [6.45, 7) is 2.12. The van der Waals surface area contributed by atoms with Gasteiger partial charge in [-0.15, -0.1) is 22.7 Å². The molecule has 0 radical (unpaired) electrons. The number of carbonyl (C=O) groups is 1. The van der Waals surface area contributed by atoms with Crippen molar-refractivity contribution in [2.45, 2.75) is 19.8 Å². The third kappa shape index (κ3) is 4.16. The van der Waals surface area contributed by atoms with E-state index in [1.807, 2.05) is 17.5 Å². The van der Waals surface area contributed by atoms with Crippen molar-refractivity contribution in [3.05, 3.63) is 43.2 Å². The monoisotopic (exact) mass is 312 g/mol. The Hall–Kier alpha value is -1.17. The number of hydrogen-bond donors (Lipinski definition) is 1. The molecule has 0 fully saturated rings. The highest BCUT2D eigenvalue weighted by atomic mass is 35.5. The second-order valence-electron chi connectivity index (χ2n) is 3.89. The molecule has 0 bridgehead atoms. The molecule has 1 N–H and O–H groups in total. The van der Waals surface area contributed by atoms with Gasteiger partial charge in [0.1, 0.15) is 0 Å². The van der Waals surface area contributed by atoms with Crippen molar-refractivity contribution in [3.63, 3.8) is 0 Å². The fourth-order valence-electron chi connectivity index (χ4n) is 1.49. The Morgan fingerprint density at radius 1 is 1.53 bits per heavy atom. The molecule has 0 spiro atoms. The van der Waals surface area contributed by atoms with Crippen molar-refractivity contribution in [2.75, 3.05) is 0 Å². The summed E-state index contributed by atoms with van der Waals surface area (Å²) in [5.41, 5.74) is 3.17. The van der Waals surface area contributed by atoms with Crippen LogP contribution in [0, 0.1) is 0 Å². The third-order valence-corrected chi connectivity index (χ3v) is 4.53. The molecule has 0 aliphatic heterocycles. The average molecular weight is 313 g/mol. The number of nitrogens with one attached hydrogen (secondary N) is 1. The lowest BCUT2D eigenvalue weighted by Gasteiger charge is -1.95. The molecule has 1 amide bonds. The normalized spacial score (nSPS) is 11.1. The van der Waals surface area contributed by atoms with Crippen LogP contribution in [0.2, 0.25) is 4.34 Å². The predicted molar refractivity (Wildman–Crippen MR) is 82.7 cm³/mol. The summed E-state index contributed by atoms with van der Waals surface area (Å²) in [5.74, 6) is -0.183. The Morgan fingerprint density at radius 3 is 3.05 bits per heavy atom. The first-order chi connectivity index (χ1) is 9.19. The van der Waals surface area contributed by atoms with Crippen molar-refractivity contribution in [1.82, 2.24) is 5.43 Å². The molecule has 0 saturated carbocycles. The lowest BCUT2D eigenvalue weighted by molar-refractivity contribution is 0.0955. The van der Waals surface area contributed by atoms with Crippen LogP contribution in [-0.2, 0) is 6.42 Å². The van der Waals surface area contributed by atoms with Gasteiger partial charge in [-0.3, -0.25) is 4.79 Å². The summed E-state index contributed by atoms with van der Waals surface area (Å²) < 4.78 is 0.704. The summed E-state index contributed by atoms with van der Waals surface area (Å²) >= 11 is 8.82. The fraction of sp³-hybridized carbons (Fsp3) is 0.231. The van der Waals surface area contributed by atoms with Crippen LogP contribution in [0.5, 0.6) is 0 Å². The number of hydrogen-bond acceptors (Lipinski definition) is 4. The molecule has 100 valence electrons. The molecule has 2 heterocycles. The minimum atomic E-state index is -0.183. The fourth-order valence-corrected chi connectivity index (χ4v) is 3.40. The summed E-state index contributed by atoms with van der Waals surface area (Å²) in [6, 6.07) is 5.57. The molecule has 0 unspecified atom stereocenters. The first kappa shape index (κ1) is 14.2. The molecule has 2 rings (SSSR count). The molecular weight excluding hydrogens is 300 g/mol. The van der Waals surface area contributed by atoms with E-state index >= 15 is 0 Å². The van der Waals surface area contributed by atoms with Crippen LogP contribution in [-0.4, -0.2) is 12.1 Å². The minimum Gasteiger partial charge on any atom is -0.267 e. The van der Waals surface area contributed by atoms with Gasteiger partial charge in [-0.2, -0.15) is 5.10 Å². The van der Waals surface area contributed by atoms with Gasteiger partial charge in [0.25, 0.3) is 5.91 Å². The van der Waals surface area contributed by atoms with Crippen molar-refractivity contribution in [1.29, 1.82) is 0 Å². The second kappa shape index (κ2) is 6.84. The van der Waals surface area contributed by atoms with Gasteiger partial charge in [-0.1, -0.05) is 24.9 Å². The van der Waals surface area contributed by atoms with E-state index in [2.05, 4.69) is 17.5 Å². The van der Waals surface area contributed by atoms with Gasteiger partial charge in [0.15, 0.2) is 0 Å². The molecule has 2 aromatic rings. The van der Waals surface area contributed by atoms with E-state index in [4.69, 9.17) is 11.6 Å². The first-order valence-electron chi connectivity index (χ1n) is 5.85. The number of halogens is 1. The minimum absolute atomic E-state index is 0.183. The Bertz CT molecular complexity index is 589. The Labute approximate surface area is 124 Å². The van der Waals surface area contributed by atoms with Crippen molar-refractivity contribution >= 4 is 46.4 Å². The van der Waals surface area contributed by atoms with Crippen LogP contribution < -0.4 is 5.43 Å². The lowest BCUT2D eigenvalue weighted by Crippen LogP contribution is -2.16. The zero-order valence-electron chi connectivity index (χ0n) is 10.4. The van der Waals surface area contributed by atoms with Crippen LogP contribution >= 0.6 is 34.3 Å². The first-order valence-corrected chi connectivity index (χ1v) is 7.92. The maximum absolute atomic E-state index is 11.8. The quantitative estimate of drug-likeness (QED) is 0.653. The number of thiophene rings is 2. The molecule has 3 nitrogen and oxygen atoms in total. The van der Waals surface area contributed by atoms with E-state index in [1.54, 1.807) is 23.6 Å². The highest BCUT2D eigenvalue weighted by molar-refractivity contribution is 7.17. The van der Waals surface area contributed by atoms with Gasteiger partial charge < -0.3 is 0 Å². The summed E-state index contributed by atoms with van der Waals surface area (Å²) in [5, 5.41) is 5.78. The van der Waals surface area contributed by atoms with Gasteiger partial charge >= 0.3 is 0 Å². The van der Waals surface area contributed by atoms with E-state index in [0.29, 0.717) is 9.90 Å². The number of aryl methyl sites for hydroxylation is 1. The number of hydrazone groups is 1. The third-order valence-electron chi connectivity index (χ3n) is 2.36. The zero-order valence-corrected chi connectivity index (χ0v) is 12.7. The molecular formula is C13H13ClN2OS2. The molecule has 6 heteroatoms. The highest BCUT2D eigenvalue weighted by Crippen LogP contribution is 2.19. The molecule has 0 aliphatic carbocycles. The predicted octanol–water partition coefficient (Wildman–Crippen LogP) is 4.18. The Morgan fingerprint density at radius 2 is 2.37 bits per heavy atom. The van der Waals surface area contributed by atoms with Gasteiger partial charge in [0.2, 0.25) is 0 Å². The highest BCUT2D eigenvalue weighted by Gasteiger charge is 2.07. The van der Waals surface area contributed by atoms with Crippen molar-refractivity contribution in [3.8, 4) is 0 Å². The molecule has 19 heavy (non-hydrogen) atoms. The van der Waals surface area contributed by atoms with Crippen LogP contribution in [0.1, 0.15) is 33.5 Å². The maximum atomic E-state index is 11.8. The smallest absolute Gasteiger partial charge is 0.267 e. The standard InChI is InChI=1S/C13H13ClN2OS2/c1-2-3-10-6-9(8-18-10)13(17)16-15-7-11-4-5-12(14)19-11/h4-8H,2-3H2,1H3,(H,16,17)/b15-7+. The van der Waals surface area contributed by atoms with Crippen molar-refractivity contribution < 1.29 is 4.79 Å². The van der Waals surface area contributed by atoms with Crippen molar-refractivity contribution in [2.24, 2.45) is 5.10 Å². The SMILES string of the molecule is CCCc1cc(C(=O)N/N=C/c2ccc(Cl)s2)cs1. The summed E-state index contributed by atoms with van der Waals surface area (Å²) in [7, 11) is 0. The summed E-state index contributed by atoms with van der Waals surface area (Å²) in [4.78, 5) is 13.9. The molecule has 0 aliphatic rings. The van der Waals surface area contributed by atoms with Crippen LogP contribution in [0.15, 0.2) is 28.7 Å². The van der Waals surface area contributed by atoms with E-state index < -0.39 is 0 Å². The van der Waals surface area contributed by atoms with Gasteiger partial charge in [-0.25, -0.2) is 5.43 Å². The zero-order chi connectivity index (χ0) is 13.7. The summed E-state index contributed by atoms with van der Waals surface area (Å²) in [6.07, 6.45) is 3.68. The second-order valence-corrected chi connectivity index (χ2v) is 6.64. The number of rotatable bonds is 5. The van der Waals surface area contributed by atoms with E-state index in [-0.39, 0.29) is 5.91 Å². The van der Waals surface area contributed by atoms with E-state index in [1.165, 1.54) is 16.2 Å². The Balaban J connectivity index is 1.91. The van der Waals surface area contributed by atoms with Crippen LogP contribution in [0.25, 0.3) is 0 Å². The number of carbonyl (C=O) groups excluding carboxylic acids is 1. The average Bonchev–Trinajstić information content (AvgIpc) is 2.99. The maximum Gasteiger partial charge on any atom is 0.272 e. The largest absolute Gasteiger partial charge is 0.272 e. The van der Waals surface area contributed by atoms with E-state index in [0.717, 1.165) is 17.7 Å².